The quantitative estimate of drug-likeness (QED) is 0.726. The van der Waals surface area contributed by atoms with Crippen LogP contribution in [0.25, 0.3) is 0 Å². The summed E-state index contributed by atoms with van der Waals surface area (Å²) in [7, 11) is 1.58. The molecule has 0 aromatic heterocycles. The van der Waals surface area contributed by atoms with Gasteiger partial charge in [0.05, 0.1) is 10.7 Å². The number of hydrogen-bond donors (Lipinski definition) is 1. The third kappa shape index (κ3) is 4.66. The molecule has 0 bridgehead atoms. The molecular weight excluding hydrogens is 424 g/mol. The van der Waals surface area contributed by atoms with Gasteiger partial charge in [0.25, 0.3) is 0 Å². The number of benzene rings is 2. The Hall–Kier alpha value is -2.09. The lowest BCUT2D eigenvalue weighted by molar-refractivity contribution is -0.127. The van der Waals surface area contributed by atoms with E-state index in [1.807, 2.05) is 6.92 Å². The largest absolute Gasteiger partial charge is 0.326 e. The summed E-state index contributed by atoms with van der Waals surface area (Å²) in [4.78, 5) is 30.6. The highest BCUT2D eigenvalue weighted by Gasteiger charge is 2.37. The second kappa shape index (κ2) is 8.51. The van der Waals surface area contributed by atoms with Gasteiger partial charge < -0.3 is 5.32 Å². The summed E-state index contributed by atoms with van der Waals surface area (Å²) in [5.74, 6) is -1.06. The number of hydrogen-bond acceptors (Lipinski definition) is 4. The molecule has 9 heteroatoms. The van der Waals surface area contributed by atoms with E-state index in [1.54, 1.807) is 25.2 Å². The van der Waals surface area contributed by atoms with Crippen molar-refractivity contribution in [3.63, 3.8) is 0 Å². The van der Waals surface area contributed by atoms with Crippen molar-refractivity contribution in [2.45, 2.75) is 18.6 Å². The average Bonchev–Trinajstić information content (AvgIpc) is 2.89. The van der Waals surface area contributed by atoms with E-state index in [-0.39, 0.29) is 23.3 Å². The van der Waals surface area contributed by atoms with Gasteiger partial charge in [-0.25, -0.2) is 9.38 Å². The first-order valence-corrected chi connectivity index (χ1v) is 9.92. The molecule has 2 aromatic carbocycles. The molecule has 1 N–H and O–H groups in total. The molecule has 0 saturated carbocycles. The number of aliphatic imine (C=N–C) groups is 1. The van der Waals surface area contributed by atoms with Gasteiger partial charge in [0.1, 0.15) is 11.1 Å². The zero-order chi connectivity index (χ0) is 20.4. The standard InChI is InChI=1S/C19H16Cl2FN3O2S/c1-10-3-4-11(20)7-15(10)24-17(26)9-16-18(27)25(2)19(28-16)23-12-5-6-14(22)13(21)8-12/h3-8,16H,9H2,1-2H3,(H,24,26). The summed E-state index contributed by atoms with van der Waals surface area (Å²) in [6.07, 6.45) is -0.0109. The fraction of sp³-hybridized carbons (Fsp3) is 0.211. The molecule has 3 rings (SSSR count). The Morgan fingerprint density at radius 3 is 2.75 bits per heavy atom. The van der Waals surface area contributed by atoms with Crippen molar-refractivity contribution in [2.24, 2.45) is 4.99 Å². The number of thioether (sulfide) groups is 1. The minimum atomic E-state index is -0.598. The van der Waals surface area contributed by atoms with Crippen LogP contribution in [-0.4, -0.2) is 34.2 Å². The van der Waals surface area contributed by atoms with Gasteiger partial charge in [-0.15, -0.1) is 0 Å². The number of halogens is 3. The Morgan fingerprint density at radius 2 is 2.04 bits per heavy atom. The Bertz CT molecular complexity index is 984. The number of nitrogens with zero attached hydrogens (tertiary/aromatic N) is 2. The molecule has 1 unspecified atom stereocenters. The molecule has 2 aromatic rings. The summed E-state index contributed by atoms with van der Waals surface area (Å²) in [5, 5.41) is 3.07. The zero-order valence-corrected chi connectivity index (χ0v) is 17.3. The van der Waals surface area contributed by atoms with Crippen molar-refractivity contribution in [2.75, 3.05) is 12.4 Å². The number of amidine groups is 1. The number of anilines is 1. The molecule has 1 saturated heterocycles. The minimum absolute atomic E-state index is 0.0109. The number of nitrogens with one attached hydrogen (secondary N) is 1. The van der Waals surface area contributed by atoms with Crippen LogP contribution in [0.5, 0.6) is 0 Å². The second-order valence-corrected chi connectivity index (χ2v) is 8.22. The van der Waals surface area contributed by atoms with E-state index < -0.39 is 11.1 Å². The van der Waals surface area contributed by atoms with E-state index in [0.29, 0.717) is 21.6 Å². The molecule has 1 fully saturated rings. The maximum Gasteiger partial charge on any atom is 0.242 e. The van der Waals surface area contributed by atoms with E-state index in [2.05, 4.69) is 10.3 Å². The van der Waals surface area contributed by atoms with Gasteiger partial charge >= 0.3 is 0 Å². The van der Waals surface area contributed by atoms with Gasteiger partial charge in [0.15, 0.2) is 5.17 Å². The fourth-order valence-corrected chi connectivity index (χ4v) is 4.06. The second-order valence-electron chi connectivity index (χ2n) is 6.21. The molecule has 1 aliphatic rings. The number of amides is 2. The highest BCUT2D eigenvalue weighted by atomic mass is 35.5. The van der Waals surface area contributed by atoms with Crippen LogP contribution >= 0.6 is 35.0 Å². The van der Waals surface area contributed by atoms with Gasteiger partial charge in [-0.2, -0.15) is 0 Å². The maximum absolute atomic E-state index is 13.3. The van der Waals surface area contributed by atoms with Gasteiger partial charge in [-0.05, 0) is 42.8 Å². The highest BCUT2D eigenvalue weighted by Crippen LogP contribution is 2.32. The molecule has 5 nitrogen and oxygen atoms in total. The Balaban J connectivity index is 1.70. The van der Waals surface area contributed by atoms with Crippen LogP contribution in [-0.2, 0) is 9.59 Å². The number of rotatable bonds is 4. The molecule has 0 spiro atoms. The van der Waals surface area contributed by atoms with Crippen LogP contribution in [0, 0.1) is 12.7 Å². The van der Waals surface area contributed by atoms with Gasteiger partial charge in [0, 0.05) is 24.2 Å². The fourth-order valence-electron chi connectivity index (χ4n) is 2.56. The topological polar surface area (TPSA) is 61.8 Å². The monoisotopic (exact) mass is 439 g/mol. The van der Waals surface area contributed by atoms with Crippen molar-refractivity contribution in [3.05, 3.63) is 57.8 Å². The molecule has 0 aliphatic carbocycles. The first-order chi connectivity index (χ1) is 13.2. The first-order valence-electron chi connectivity index (χ1n) is 8.28. The third-order valence-electron chi connectivity index (χ3n) is 4.11. The highest BCUT2D eigenvalue weighted by molar-refractivity contribution is 8.15. The van der Waals surface area contributed by atoms with Crippen molar-refractivity contribution in [1.29, 1.82) is 0 Å². The molecular formula is C19H16Cl2FN3O2S. The van der Waals surface area contributed by atoms with Gasteiger partial charge in [-0.1, -0.05) is 41.0 Å². The lowest BCUT2D eigenvalue weighted by Crippen LogP contribution is -2.30. The summed E-state index contributed by atoms with van der Waals surface area (Å²) in [5.41, 5.74) is 1.90. The molecule has 1 aliphatic heterocycles. The van der Waals surface area contributed by atoms with Crippen LogP contribution in [0.1, 0.15) is 12.0 Å². The summed E-state index contributed by atoms with van der Waals surface area (Å²) >= 11 is 12.9. The lowest BCUT2D eigenvalue weighted by Gasteiger charge is -2.11. The minimum Gasteiger partial charge on any atom is -0.326 e. The molecule has 1 heterocycles. The Kier molecular flexibility index (Phi) is 6.27. The molecule has 0 radical (unpaired) electrons. The van der Waals surface area contributed by atoms with Crippen molar-refractivity contribution >= 4 is 63.3 Å². The van der Waals surface area contributed by atoms with E-state index in [0.717, 1.165) is 5.56 Å². The average molecular weight is 440 g/mol. The lowest BCUT2D eigenvalue weighted by atomic mass is 10.2. The van der Waals surface area contributed by atoms with E-state index >= 15 is 0 Å². The van der Waals surface area contributed by atoms with E-state index in [1.165, 1.54) is 34.9 Å². The summed E-state index contributed by atoms with van der Waals surface area (Å²) in [6.45, 7) is 1.85. The maximum atomic E-state index is 13.3. The van der Waals surface area contributed by atoms with Gasteiger partial charge in [-0.3, -0.25) is 14.5 Å². The van der Waals surface area contributed by atoms with Crippen molar-refractivity contribution in [3.8, 4) is 0 Å². The smallest absolute Gasteiger partial charge is 0.242 e. The van der Waals surface area contributed by atoms with Crippen LogP contribution in [0.3, 0.4) is 0 Å². The number of carbonyl (C=O) groups is 2. The normalized spacial score (nSPS) is 18.0. The SMILES string of the molecule is Cc1ccc(Cl)cc1NC(=O)CC1SC(=Nc2ccc(F)c(Cl)c2)N(C)C1=O. The van der Waals surface area contributed by atoms with Gasteiger partial charge in [0.2, 0.25) is 11.8 Å². The van der Waals surface area contributed by atoms with Crippen LogP contribution in [0.15, 0.2) is 41.4 Å². The number of carbonyl (C=O) groups excluding carboxylic acids is 2. The predicted molar refractivity (Wildman–Crippen MR) is 112 cm³/mol. The molecule has 146 valence electrons. The van der Waals surface area contributed by atoms with Crippen molar-refractivity contribution < 1.29 is 14.0 Å². The zero-order valence-electron chi connectivity index (χ0n) is 15.0. The van der Waals surface area contributed by atoms with E-state index in [4.69, 9.17) is 23.2 Å². The number of aryl methyl sites for hydroxylation is 1. The Morgan fingerprint density at radius 1 is 1.29 bits per heavy atom. The van der Waals surface area contributed by atoms with Crippen LogP contribution in [0.4, 0.5) is 15.8 Å². The summed E-state index contributed by atoms with van der Waals surface area (Å²) in [6, 6.07) is 9.26. The van der Waals surface area contributed by atoms with Crippen LogP contribution in [0.2, 0.25) is 10.0 Å². The van der Waals surface area contributed by atoms with Crippen LogP contribution < -0.4 is 5.32 Å². The molecule has 1 atom stereocenters. The predicted octanol–water partition coefficient (Wildman–Crippen LogP) is 5.03. The Labute approximate surface area is 175 Å². The molecule has 2 amide bonds. The summed E-state index contributed by atoms with van der Waals surface area (Å²) < 4.78 is 13.3. The molecule has 28 heavy (non-hydrogen) atoms. The van der Waals surface area contributed by atoms with E-state index in [9.17, 15) is 14.0 Å². The first kappa shape index (κ1) is 20.6. The van der Waals surface area contributed by atoms with Crippen molar-refractivity contribution in [1.82, 2.24) is 4.90 Å². The third-order valence-corrected chi connectivity index (χ3v) is 5.87.